The van der Waals surface area contributed by atoms with Gasteiger partial charge in [-0.3, -0.25) is 9.69 Å². The monoisotopic (exact) mass is 332 g/mol. The molecule has 1 aromatic carbocycles. The summed E-state index contributed by atoms with van der Waals surface area (Å²) in [5.41, 5.74) is 1.79. The van der Waals surface area contributed by atoms with Crippen LogP contribution in [0.3, 0.4) is 0 Å². The molecule has 0 spiro atoms. The zero-order valence-corrected chi connectivity index (χ0v) is 13.8. The Morgan fingerprint density at radius 2 is 2.04 bits per heavy atom. The Kier molecular flexibility index (Phi) is 5.79. The van der Waals surface area contributed by atoms with Gasteiger partial charge in [0, 0.05) is 39.1 Å². The molecule has 1 saturated heterocycles. The van der Waals surface area contributed by atoms with Gasteiger partial charge in [-0.25, -0.2) is 4.98 Å². The first-order valence-corrected chi connectivity index (χ1v) is 8.40. The summed E-state index contributed by atoms with van der Waals surface area (Å²) < 4.78 is 7.22. The minimum absolute atomic E-state index is 0.0185. The molecule has 1 amide bonds. The third kappa shape index (κ3) is 4.11. The van der Waals surface area contributed by atoms with Gasteiger partial charge in [-0.15, -0.1) is 0 Å². The number of aryl methyl sites for hydroxylation is 1. The molecular weight excluding hydrogens is 308 g/mol. The van der Waals surface area contributed by atoms with E-state index in [1.165, 1.54) is 0 Å². The maximum absolute atomic E-state index is 12.1. The van der Waals surface area contributed by atoms with Gasteiger partial charge in [0.25, 0.3) is 0 Å². The third-order valence-corrected chi connectivity index (χ3v) is 4.29. The van der Waals surface area contributed by atoms with Crippen molar-refractivity contribution >= 4 is 16.9 Å². The van der Waals surface area contributed by atoms with Crippen LogP contribution in [0.4, 0.5) is 0 Å². The molecule has 0 aliphatic carbocycles. The van der Waals surface area contributed by atoms with Crippen LogP contribution in [0.1, 0.15) is 12.2 Å². The molecule has 2 N–H and O–H groups in total. The van der Waals surface area contributed by atoms with E-state index in [0.29, 0.717) is 25.3 Å². The number of fused-ring (bicyclic) bond motifs is 1. The quantitative estimate of drug-likeness (QED) is 0.766. The number of hydrogen-bond donors (Lipinski definition) is 2. The van der Waals surface area contributed by atoms with Crippen LogP contribution < -0.4 is 5.32 Å². The van der Waals surface area contributed by atoms with Crippen LogP contribution in [0.2, 0.25) is 0 Å². The molecule has 1 aliphatic heterocycles. The number of nitrogens with zero attached hydrogens (tertiary/aromatic N) is 3. The molecular formula is C17H24N4O3. The third-order valence-electron chi connectivity index (χ3n) is 4.29. The summed E-state index contributed by atoms with van der Waals surface area (Å²) in [7, 11) is 0. The molecule has 1 aromatic heterocycles. The van der Waals surface area contributed by atoms with E-state index in [1.54, 1.807) is 0 Å². The molecule has 0 bridgehead atoms. The van der Waals surface area contributed by atoms with Crippen LogP contribution in [-0.2, 0) is 22.7 Å². The highest BCUT2D eigenvalue weighted by atomic mass is 16.5. The number of amides is 1. The van der Waals surface area contributed by atoms with Gasteiger partial charge < -0.3 is 19.7 Å². The Morgan fingerprint density at radius 3 is 2.83 bits per heavy atom. The first kappa shape index (κ1) is 16.9. The Bertz CT molecular complexity index is 680. The van der Waals surface area contributed by atoms with Crippen molar-refractivity contribution in [1.82, 2.24) is 19.8 Å². The van der Waals surface area contributed by atoms with Crippen molar-refractivity contribution < 1.29 is 14.6 Å². The minimum Gasteiger partial charge on any atom is -0.388 e. The van der Waals surface area contributed by atoms with Gasteiger partial charge in [0.1, 0.15) is 12.4 Å². The second-order valence-electron chi connectivity index (χ2n) is 5.88. The Balaban J connectivity index is 1.49. The fourth-order valence-corrected chi connectivity index (χ4v) is 2.98. The highest BCUT2D eigenvalue weighted by Crippen LogP contribution is 2.16. The van der Waals surface area contributed by atoms with E-state index in [1.807, 2.05) is 28.8 Å². The number of imidazole rings is 1. The van der Waals surface area contributed by atoms with Gasteiger partial charge in [0.05, 0.1) is 24.2 Å². The average Bonchev–Trinajstić information content (AvgIpc) is 2.98. The minimum atomic E-state index is -0.132. The molecule has 2 aromatic rings. The molecule has 130 valence electrons. The Labute approximate surface area is 141 Å². The van der Waals surface area contributed by atoms with Gasteiger partial charge in [-0.1, -0.05) is 12.1 Å². The number of hydrogen-bond acceptors (Lipinski definition) is 5. The van der Waals surface area contributed by atoms with Crippen molar-refractivity contribution in [2.45, 2.75) is 19.6 Å². The molecule has 0 unspecified atom stereocenters. The predicted octanol–water partition coefficient (Wildman–Crippen LogP) is 0.367. The van der Waals surface area contributed by atoms with Crippen molar-refractivity contribution in [3.63, 3.8) is 0 Å². The fourth-order valence-electron chi connectivity index (χ4n) is 2.98. The van der Waals surface area contributed by atoms with Gasteiger partial charge in [-0.2, -0.15) is 0 Å². The average molecular weight is 332 g/mol. The number of aliphatic hydroxyl groups excluding tert-OH is 1. The first-order valence-electron chi connectivity index (χ1n) is 8.40. The first-order chi connectivity index (χ1) is 11.8. The molecule has 2 heterocycles. The number of carbonyl (C=O) groups is 1. The molecule has 7 nitrogen and oxygen atoms in total. The number of benzene rings is 1. The van der Waals surface area contributed by atoms with E-state index in [9.17, 15) is 9.90 Å². The maximum atomic E-state index is 12.1. The van der Waals surface area contributed by atoms with Crippen LogP contribution in [-0.4, -0.2) is 64.9 Å². The van der Waals surface area contributed by atoms with Gasteiger partial charge in [0.2, 0.25) is 5.91 Å². The molecule has 24 heavy (non-hydrogen) atoms. The van der Waals surface area contributed by atoms with E-state index in [4.69, 9.17) is 4.74 Å². The Hall–Kier alpha value is -1.96. The Morgan fingerprint density at radius 1 is 1.25 bits per heavy atom. The van der Waals surface area contributed by atoms with Crippen molar-refractivity contribution in [3.8, 4) is 0 Å². The van der Waals surface area contributed by atoms with E-state index in [2.05, 4.69) is 15.2 Å². The van der Waals surface area contributed by atoms with Crippen molar-refractivity contribution in [2.24, 2.45) is 0 Å². The molecule has 1 fully saturated rings. The van der Waals surface area contributed by atoms with Crippen molar-refractivity contribution in [2.75, 3.05) is 39.4 Å². The summed E-state index contributed by atoms with van der Waals surface area (Å²) in [5.74, 6) is 0.613. The van der Waals surface area contributed by atoms with Crippen LogP contribution in [0.15, 0.2) is 24.3 Å². The highest BCUT2D eigenvalue weighted by Gasteiger charge is 2.12. The lowest BCUT2D eigenvalue weighted by Crippen LogP contribution is -2.41. The maximum Gasteiger partial charge on any atom is 0.221 e. The number of aliphatic hydroxyl groups is 1. The molecule has 7 heteroatoms. The second-order valence-corrected chi connectivity index (χ2v) is 5.88. The van der Waals surface area contributed by atoms with E-state index in [0.717, 1.165) is 43.9 Å². The normalized spacial score (nSPS) is 15.7. The van der Waals surface area contributed by atoms with Gasteiger partial charge in [-0.05, 0) is 12.1 Å². The predicted molar refractivity (Wildman–Crippen MR) is 90.5 cm³/mol. The largest absolute Gasteiger partial charge is 0.388 e. The van der Waals surface area contributed by atoms with E-state index < -0.39 is 0 Å². The standard InChI is InChI=1S/C17H24N4O3/c22-13-16-19-14-3-1-2-4-15(14)21(16)7-5-17(23)18-6-8-20-9-11-24-12-10-20/h1-4,22H,5-13H2,(H,18,23). The number of morpholine rings is 1. The summed E-state index contributed by atoms with van der Waals surface area (Å²) in [6.45, 7) is 5.28. The zero-order valence-electron chi connectivity index (χ0n) is 13.8. The van der Waals surface area contributed by atoms with Crippen molar-refractivity contribution in [1.29, 1.82) is 0 Å². The molecule has 0 atom stereocenters. The number of ether oxygens (including phenoxy) is 1. The summed E-state index contributed by atoms with van der Waals surface area (Å²) in [6, 6.07) is 7.72. The van der Waals surface area contributed by atoms with Crippen LogP contribution >= 0.6 is 0 Å². The molecule has 0 saturated carbocycles. The fraction of sp³-hybridized carbons (Fsp3) is 0.529. The number of para-hydroxylation sites is 2. The molecule has 1 aliphatic rings. The SMILES string of the molecule is O=C(CCn1c(CO)nc2ccccc21)NCCN1CCOCC1. The highest BCUT2D eigenvalue weighted by molar-refractivity contribution is 5.78. The summed E-state index contributed by atoms with van der Waals surface area (Å²) in [5, 5.41) is 12.4. The van der Waals surface area contributed by atoms with Gasteiger partial charge in [0.15, 0.2) is 0 Å². The lowest BCUT2D eigenvalue weighted by molar-refractivity contribution is -0.121. The van der Waals surface area contributed by atoms with E-state index >= 15 is 0 Å². The van der Waals surface area contributed by atoms with Crippen LogP contribution in [0.25, 0.3) is 11.0 Å². The number of aromatic nitrogens is 2. The summed E-state index contributed by atoms with van der Waals surface area (Å²) in [4.78, 5) is 18.7. The summed E-state index contributed by atoms with van der Waals surface area (Å²) in [6.07, 6.45) is 0.371. The summed E-state index contributed by atoms with van der Waals surface area (Å²) >= 11 is 0. The van der Waals surface area contributed by atoms with Crippen LogP contribution in [0.5, 0.6) is 0 Å². The van der Waals surface area contributed by atoms with E-state index in [-0.39, 0.29) is 12.5 Å². The topological polar surface area (TPSA) is 79.6 Å². The molecule has 3 rings (SSSR count). The van der Waals surface area contributed by atoms with Gasteiger partial charge >= 0.3 is 0 Å². The number of carbonyl (C=O) groups excluding carboxylic acids is 1. The van der Waals surface area contributed by atoms with Crippen molar-refractivity contribution in [3.05, 3.63) is 30.1 Å². The second kappa shape index (κ2) is 8.23. The number of nitrogens with one attached hydrogen (secondary N) is 1. The lowest BCUT2D eigenvalue weighted by atomic mass is 10.3. The molecule has 0 radical (unpaired) electrons. The zero-order chi connectivity index (χ0) is 16.8. The van der Waals surface area contributed by atoms with Crippen LogP contribution in [0, 0.1) is 0 Å². The number of rotatable bonds is 7. The lowest BCUT2D eigenvalue weighted by Gasteiger charge is -2.26. The smallest absolute Gasteiger partial charge is 0.221 e.